The Morgan fingerprint density at radius 1 is 1.53 bits per heavy atom. The molecule has 0 aliphatic rings. The molecule has 0 aromatic rings. The van der Waals surface area contributed by atoms with Crippen molar-refractivity contribution in [2.45, 2.75) is 27.2 Å². The lowest BCUT2D eigenvalue weighted by Gasteiger charge is -2.30. The monoisotopic (exact) mass is 232 g/mol. The van der Waals surface area contributed by atoms with Crippen LogP contribution in [0.15, 0.2) is 0 Å². The van der Waals surface area contributed by atoms with Crippen molar-refractivity contribution in [3.8, 4) is 0 Å². The summed E-state index contributed by atoms with van der Waals surface area (Å²) >= 11 is 4.87. The summed E-state index contributed by atoms with van der Waals surface area (Å²) in [5.74, 6) is -0.0778. The molecule has 0 radical (unpaired) electrons. The van der Waals surface area contributed by atoms with Crippen LogP contribution in [0, 0.1) is 5.41 Å². The van der Waals surface area contributed by atoms with Gasteiger partial charge < -0.3 is 15.7 Å². The molecule has 1 amide bonds. The molecule has 5 heteroatoms. The van der Waals surface area contributed by atoms with E-state index in [1.54, 1.807) is 18.7 Å². The van der Waals surface area contributed by atoms with Crippen LogP contribution in [0.25, 0.3) is 0 Å². The van der Waals surface area contributed by atoms with E-state index in [9.17, 15) is 4.79 Å². The minimum Gasteiger partial charge on any atom is -0.396 e. The van der Waals surface area contributed by atoms with Crippen molar-refractivity contribution in [3.05, 3.63) is 0 Å². The van der Waals surface area contributed by atoms with Gasteiger partial charge in [0.2, 0.25) is 5.91 Å². The highest BCUT2D eigenvalue weighted by atomic mass is 32.1. The molecule has 15 heavy (non-hydrogen) atoms. The van der Waals surface area contributed by atoms with Crippen molar-refractivity contribution in [3.63, 3.8) is 0 Å². The lowest BCUT2D eigenvalue weighted by molar-refractivity contribution is -0.136. The van der Waals surface area contributed by atoms with Gasteiger partial charge in [-0.2, -0.15) is 0 Å². The molecule has 0 fully saturated rings. The molecule has 0 aromatic heterocycles. The van der Waals surface area contributed by atoms with Crippen molar-refractivity contribution in [2.24, 2.45) is 11.1 Å². The summed E-state index contributed by atoms with van der Waals surface area (Å²) in [6, 6.07) is 0. The topological polar surface area (TPSA) is 66.6 Å². The third-order valence-corrected chi connectivity index (χ3v) is 2.92. The number of thiocarbonyl (C=S) groups is 1. The molecular weight excluding hydrogens is 212 g/mol. The largest absolute Gasteiger partial charge is 0.396 e. The standard InChI is InChI=1S/C10H20N2O2S/c1-4-12(6-5-7-13)9(14)10(2,3)8(11)15/h13H,4-7H2,1-3H3,(H2,11,15). The second-order valence-corrected chi connectivity index (χ2v) is 4.39. The number of rotatable bonds is 6. The predicted molar refractivity (Wildman–Crippen MR) is 64.5 cm³/mol. The molecule has 3 N–H and O–H groups in total. The predicted octanol–water partition coefficient (Wildman–Crippen LogP) is 0.530. The maximum Gasteiger partial charge on any atom is 0.235 e. The van der Waals surface area contributed by atoms with Gasteiger partial charge >= 0.3 is 0 Å². The van der Waals surface area contributed by atoms with Gasteiger partial charge in [0.05, 0.1) is 10.4 Å². The fourth-order valence-electron chi connectivity index (χ4n) is 1.17. The van der Waals surface area contributed by atoms with Gasteiger partial charge in [-0.1, -0.05) is 12.2 Å². The first-order valence-electron chi connectivity index (χ1n) is 5.08. The van der Waals surface area contributed by atoms with Gasteiger partial charge in [0.1, 0.15) is 0 Å². The minimum atomic E-state index is -0.805. The van der Waals surface area contributed by atoms with Gasteiger partial charge in [-0.05, 0) is 27.2 Å². The fourth-order valence-corrected chi connectivity index (χ4v) is 1.25. The van der Waals surface area contributed by atoms with Crippen LogP contribution in [0.5, 0.6) is 0 Å². The fraction of sp³-hybridized carbons (Fsp3) is 0.800. The van der Waals surface area contributed by atoms with E-state index in [1.807, 2.05) is 6.92 Å². The van der Waals surface area contributed by atoms with Crippen LogP contribution in [0.1, 0.15) is 27.2 Å². The van der Waals surface area contributed by atoms with Gasteiger partial charge in [0.15, 0.2) is 0 Å². The van der Waals surface area contributed by atoms with E-state index in [-0.39, 0.29) is 17.5 Å². The summed E-state index contributed by atoms with van der Waals surface area (Å²) in [4.78, 5) is 13.9. The van der Waals surface area contributed by atoms with E-state index >= 15 is 0 Å². The van der Waals surface area contributed by atoms with Crippen LogP contribution in [0.2, 0.25) is 0 Å². The quantitative estimate of drug-likeness (QED) is 0.656. The van der Waals surface area contributed by atoms with E-state index in [0.717, 1.165) is 0 Å². The first-order chi connectivity index (χ1) is 6.87. The lowest BCUT2D eigenvalue weighted by atomic mass is 9.91. The van der Waals surface area contributed by atoms with E-state index in [4.69, 9.17) is 23.1 Å². The van der Waals surface area contributed by atoms with Crippen LogP contribution >= 0.6 is 12.2 Å². The number of hydrogen-bond acceptors (Lipinski definition) is 3. The number of amides is 1. The number of carbonyl (C=O) groups is 1. The molecule has 0 spiro atoms. The van der Waals surface area contributed by atoms with Gasteiger partial charge in [-0.15, -0.1) is 0 Å². The zero-order chi connectivity index (χ0) is 12.1. The first-order valence-corrected chi connectivity index (χ1v) is 5.48. The average Bonchev–Trinajstić information content (AvgIpc) is 2.18. The summed E-state index contributed by atoms with van der Waals surface area (Å²) in [7, 11) is 0. The van der Waals surface area contributed by atoms with Crippen molar-refractivity contribution < 1.29 is 9.90 Å². The Balaban J connectivity index is 4.57. The summed E-state index contributed by atoms with van der Waals surface area (Å²) in [5.41, 5.74) is 4.72. The smallest absolute Gasteiger partial charge is 0.235 e. The second-order valence-electron chi connectivity index (χ2n) is 3.95. The first kappa shape index (κ1) is 14.3. The normalized spacial score (nSPS) is 11.2. The number of aliphatic hydroxyl groups excluding tert-OH is 1. The van der Waals surface area contributed by atoms with Crippen LogP contribution in [0.3, 0.4) is 0 Å². The Bertz CT molecular complexity index is 242. The summed E-state index contributed by atoms with van der Waals surface area (Å²) in [6.07, 6.45) is 0.576. The molecule has 0 aliphatic carbocycles. The maximum absolute atomic E-state index is 12.0. The molecular formula is C10H20N2O2S. The van der Waals surface area contributed by atoms with E-state index in [1.165, 1.54) is 0 Å². The average molecular weight is 232 g/mol. The van der Waals surface area contributed by atoms with Crippen molar-refractivity contribution in [1.29, 1.82) is 0 Å². The highest BCUT2D eigenvalue weighted by molar-refractivity contribution is 7.80. The lowest BCUT2D eigenvalue weighted by Crippen LogP contribution is -2.47. The summed E-state index contributed by atoms with van der Waals surface area (Å²) in [6.45, 7) is 6.56. The molecule has 4 nitrogen and oxygen atoms in total. The third kappa shape index (κ3) is 3.76. The molecule has 0 rings (SSSR count). The van der Waals surface area contributed by atoms with E-state index < -0.39 is 5.41 Å². The Labute approximate surface area is 96.4 Å². The van der Waals surface area contributed by atoms with Crippen LogP contribution in [0.4, 0.5) is 0 Å². The molecule has 0 saturated heterocycles. The molecule has 0 saturated carbocycles. The van der Waals surface area contributed by atoms with Gasteiger partial charge in [-0.3, -0.25) is 4.79 Å². The molecule has 0 unspecified atom stereocenters. The van der Waals surface area contributed by atoms with Crippen LogP contribution < -0.4 is 5.73 Å². The van der Waals surface area contributed by atoms with E-state index in [0.29, 0.717) is 19.5 Å². The molecule has 0 atom stereocenters. The highest BCUT2D eigenvalue weighted by Gasteiger charge is 2.33. The Morgan fingerprint density at radius 2 is 2.07 bits per heavy atom. The number of carbonyl (C=O) groups excluding carboxylic acids is 1. The number of nitrogens with two attached hydrogens (primary N) is 1. The van der Waals surface area contributed by atoms with Crippen molar-refractivity contribution >= 4 is 23.1 Å². The maximum atomic E-state index is 12.0. The molecule has 0 bridgehead atoms. The van der Waals surface area contributed by atoms with Crippen LogP contribution in [-0.2, 0) is 4.79 Å². The second kappa shape index (κ2) is 6.02. The Morgan fingerprint density at radius 3 is 2.40 bits per heavy atom. The van der Waals surface area contributed by atoms with E-state index in [2.05, 4.69) is 0 Å². The Kier molecular flexibility index (Phi) is 5.75. The molecule has 0 aromatic carbocycles. The van der Waals surface area contributed by atoms with Crippen molar-refractivity contribution in [1.82, 2.24) is 4.90 Å². The Hall–Kier alpha value is -0.680. The zero-order valence-electron chi connectivity index (χ0n) is 9.62. The number of aliphatic hydroxyl groups is 1. The van der Waals surface area contributed by atoms with Crippen LogP contribution in [-0.4, -0.2) is 40.6 Å². The SMILES string of the molecule is CCN(CCCO)C(=O)C(C)(C)C(N)=S. The molecule has 0 aliphatic heterocycles. The minimum absolute atomic E-state index is 0.0778. The summed E-state index contributed by atoms with van der Waals surface area (Å²) in [5, 5.41) is 8.72. The van der Waals surface area contributed by atoms with Gasteiger partial charge in [0.25, 0.3) is 0 Å². The molecule has 0 heterocycles. The van der Waals surface area contributed by atoms with Gasteiger partial charge in [-0.25, -0.2) is 0 Å². The summed E-state index contributed by atoms with van der Waals surface area (Å²) < 4.78 is 0. The number of hydrogen-bond donors (Lipinski definition) is 2. The number of nitrogens with zero attached hydrogens (tertiary/aromatic N) is 1. The van der Waals surface area contributed by atoms with Crippen molar-refractivity contribution in [2.75, 3.05) is 19.7 Å². The van der Waals surface area contributed by atoms with Gasteiger partial charge in [0, 0.05) is 19.7 Å². The molecule has 88 valence electrons. The zero-order valence-corrected chi connectivity index (χ0v) is 10.4. The third-order valence-electron chi connectivity index (χ3n) is 2.41. The highest BCUT2D eigenvalue weighted by Crippen LogP contribution is 2.19.